The summed E-state index contributed by atoms with van der Waals surface area (Å²) in [6.07, 6.45) is 2.06. The topological polar surface area (TPSA) is 89.8 Å². The number of sulfonamides is 1. The van der Waals surface area contributed by atoms with Crippen molar-refractivity contribution < 1.29 is 12.8 Å². The summed E-state index contributed by atoms with van der Waals surface area (Å²) in [6, 6.07) is 10.9. The van der Waals surface area contributed by atoms with Gasteiger partial charge in [-0.05, 0) is 60.0 Å². The van der Waals surface area contributed by atoms with Crippen LogP contribution in [0.1, 0.15) is 24.4 Å². The standard InChI is InChI=1S/C17H16FN5O2S/c1-11-5-8-15(10-16(11)18)26(24,25)20-13-4-2-3-12(9-13)17-19-21-22-23(17)14-6-7-14/h2-5,8-10,14,20H,6-7H2,1H3. The highest BCUT2D eigenvalue weighted by molar-refractivity contribution is 7.92. The number of anilines is 1. The summed E-state index contributed by atoms with van der Waals surface area (Å²) in [5.74, 6) is 0.0279. The van der Waals surface area contributed by atoms with E-state index in [9.17, 15) is 12.8 Å². The van der Waals surface area contributed by atoms with E-state index >= 15 is 0 Å². The number of nitrogens with one attached hydrogen (secondary N) is 1. The van der Waals surface area contributed by atoms with Crippen molar-refractivity contribution >= 4 is 15.7 Å². The highest BCUT2D eigenvalue weighted by Gasteiger charge is 2.28. The molecule has 7 nitrogen and oxygen atoms in total. The normalized spacial score (nSPS) is 14.4. The van der Waals surface area contributed by atoms with Gasteiger partial charge in [0.2, 0.25) is 0 Å². The Morgan fingerprint density at radius 1 is 1.19 bits per heavy atom. The Hall–Kier alpha value is -2.81. The van der Waals surface area contributed by atoms with Crippen LogP contribution in [0.3, 0.4) is 0 Å². The zero-order valence-corrected chi connectivity index (χ0v) is 14.7. The third-order valence-electron chi connectivity index (χ3n) is 4.21. The van der Waals surface area contributed by atoms with Crippen molar-refractivity contribution in [1.29, 1.82) is 0 Å². The number of hydrogen-bond acceptors (Lipinski definition) is 5. The maximum absolute atomic E-state index is 13.7. The average molecular weight is 373 g/mol. The number of nitrogens with zero attached hydrogens (tertiary/aromatic N) is 4. The molecule has 0 bridgehead atoms. The van der Waals surface area contributed by atoms with Gasteiger partial charge in [-0.15, -0.1) is 5.10 Å². The zero-order chi connectivity index (χ0) is 18.3. The van der Waals surface area contributed by atoms with Crippen LogP contribution in [-0.4, -0.2) is 28.6 Å². The lowest BCUT2D eigenvalue weighted by Crippen LogP contribution is -2.13. The molecule has 0 radical (unpaired) electrons. The van der Waals surface area contributed by atoms with Gasteiger partial charge in [0, 0.05) is 11.3 Å². The predicted molar refractivity (Wildman–Crippen MR) is 93.5 cm³/mol. The van der Waals surface area contributed by atoms with Gasteiger partial charge < -0.3 is 0 Å². The summed E-state index contributed by atoms with van der Waals surface area (Å²) in [4.78, 5) is -0.131. The minimum absolute atomic E-state index is 0.131. The van der Waals surface area contributed by atoms with Gasteiger partial charge in [0.05, 0.1) is 10.9 Å². The lowest BCUT2D eigenvalue weighted by molar-refractivity contribution is 0.593. The minimum atomic E-state index is -3.90. The van der Waals surface area contributed by atoms with Crippen LogP contribution in [0, 0.1) is 12.7 Å². The second kappa shape index (κ2) is 6.17. The van der Waals surface area contributed by atoms with E-state index < -0.39 is 15.8 Å². The van der Waals surface area contributed by atoms with Gasteiger partial charge in [-0.2, -0.15) is 0 Å². The number of aromatic nitrogens is 4. The molecule has 134 valence electrons. The molecular formula is C17H16FN5O2S. The number of halogens is 1. The lowest BCUT2D eigenvalue weighted by atomic mass is 10.2. The molecule has 3 aromatic rings. The van der Waals surface area contributed by atoms with Gasteiger partial charge in [-0.3, -0.25) is 4.72 Å². The van der Waals surface area contributed by atoms with Crippen molar-refractivity contribution in [1.82, 2.24) is 20.2 Å². The Balaban J connectivity index is 1.64. The molecule has 26 heavy (non-hydrogen) atoms. The summed E-state index contributed by atoms with van der Waals surface area (Å²) in [5.41, 5.74) is 1.45. The fourth-order valence-electron chi connectivity index (χ4n) is 2.63. The molecule has 0 saturated heterocycles. The van der Waals surface area contributed by atoms with Crippen LogP contribution in [0.15, 0.2) is 47.4 Å². The Labute approximate surface area is 149 Å². The van der Waals surface area contributed by atoms with E-state index in [0.29, 0.717) is 28.7 Å². The fourth-order valence-corrected chi connectivity index (χ4v) is 3.69. The zero-order valence-electron chi connectivity index (χ0n) is 13.9. The van der Waals surface area contributed by atoms with Crippen LogP contribution in [0.4, 0.5) is 10.1 Å². The molecule has 9 heteroatoms. The molecule has 0 spiro atoms. The minimum Gasteiger partial charge on any atom is -0.280 e. The number of tetrazole rings is 1. The van der Waals surface area contributed by atoms with E-state index in [2.05, 4.69) is 20.2 Å². The van der Waals surface area contributed by atoms with Crippen LogP contribution in [0.25, 0.3) is 11.4 Å². The van der Waals surface area contributed by atoms with Crippen LogP contribution in [0.5, 0.6) is 0 Å². The van der Waals surface area contributed by atoms with Crippen LogP contribution in [-0.2, 0) is 10.0 Å². The average Bonchev–Trinajstić information content (AvgIpc) is 3.33. The van der Waals surface area contributed by atoms with Crippen molar-refractivity contribution in [3.05, 3.63) is 53.8 Å². The van der Waals surface area contributed by atoms with Crippen molar-refractivity contribution in [2.45, 2.75) is 30.7 Å². The van der Waals surface area contributed by atoms with Crippen molar-refractivity contribution in [2.75, 3.05) is 4.72 Å². The Bertz CT molecular complexity index is 1080. The predicted octanol–water partition coefficient (Wildman–Crippen LogP) is 2.92. The summed E-state index contributed by atoms with van der Waals surface area (Å²) < 4.78 is 43.0. The van der Waals surface area contributed by atoms with Gasteiger partial charge in [-0.1, -0.05) is 18.2 Å². The lowest BCUT2D eigenvalue weighted by Gasteiger charge is -2.10. The SMILES string of the molecule is Cc1ccc(S(=O)(=O)Nc2cccc(-c3nnnn3C3CC3)c2)cc1F. The van der Waals surface area contributed by atoms with Gasteiger partial charge in [0.15, 0.2) is 5.82 Å². The first-order chi connectivity index (χ1) is 12.4. The first-order valence-corrected chi connectivity index (χ1v) is 9.60. The summed E-state index contributed by atoms with van der Waals surface area (Å²) in [6.45, 7) is 1.58. The van der Waals surface area contributed by atoms with E-state index in [1.165, 1.54) is 12.1 Å². The third kappa shape index (κ3) is 3.17. The van der Waals surface area contributed by atoms with E-state index in [4.69, 9.17) is 0 Å². The van der Waals surface area contributed by atoms with Crippen LogP contribution < -0.4 is 4.72 Å². The van der Waals surface area contributed by atoms with Gasteiger partial charge in [0.1, 0.15) is 5.82 Å². The molecule has 2 aromatic carbocycles. The summed E-state index contributed by atoms with van der Waals surface area (Å²) in [5, 5.41) is 11.8. The molecule has 1 aliphatic rings. The van der Waals surface area contributed by atoms with Gasteiger partial charge >= 0.3 is 0 Å². The van der Waals surface area contributed by atoms with E-state index in [-0.39, 0.29) is 4.90 Å². The Kier molecular flexibility index (Phi) is 3.95. The molecule has 0 unspecified atom stereocenters. The maximum atomic E-state index is 13.7. The number of rotatable bonds is 5. The smallest absolute Gasteiger partial charge is 0.261 e. The molecule has 0 aliphatic heterocycles. The Morgan fingerprint density at radius 3 is 2.73 bits per heavy atom. The molecule has 1 aliphatic carbocycles. The number of benzene rings is 2. The third-order valence-corrected chi connectivity index (χ3v) is 5.59. The first-order valence-electron chi connectivity index (χ1n) is 8.11. The van der Waals surface area contributed by atoms with E-state index in [1.807, 2.05) is 6.07 Å². The molecular weight excluding hydrogens is 357 g/mol. The van der Waals surface area contributed by atoms with Crippen LogP contribution >= 0.6 is 0 Å². The molecule has 1 saturated carbocycles. The highest BCUT2D eigenvalue weighted by Crippen LogP contribution is 2.36. The van der Waals surface area contributed by atoms with Gasteiger partial charge in [0.25, 0.3) is 10.0 Å². The molecule has 1 aromatic heterocycles. The fraction of sp³-hybridized carbons (Fsp3) is 0.235. The number of aryl methyl sites for hydroxylation is 1. The highest BCUT2D eigenvalue weighted by atomic mass is 32.2. The second-order valence-electron chi connectivity index (χ2n) is 6.28. The quantitative estimate of drug-likeness (QED) is 0.743. The maximum Gasteiger partial charge on any atom is 0.261 e. The van der Waals surface area contributed by atoms with Crippen molar-refractivity contribution in [3.8, 4) is 11.4 Å². The van der Waals surface area contributed by atoms with Gasteiger partial charge in [-0.25, -0.2) is 17.5 Å². The monoisotopic (exact) mass is 373 g/mol. The molecule has 0 amide bonds. The summed E-state index contributed by atoms with van der Waals surface area (Å²) >= 11 is 0. The van der Waals surface area contributed by atoms with Crippen LogP contribution in [0.2, 0.25) is 0 Å². The largest absolute Gasteiger partial charge is 0.280 e. The summed E-state index contributed by atoms with van der Waals surface area (Å²) in [7, 11) is -3.90. The molecule has 1 N–H and O–H groups in total. The number of hydrogen-bond donors (Lipinski definition) is 1. The van der Waals surface area contributed by atoms with E-state index in [0.717, 1.165) is 18.9 Å². The Morgan fingerprint density at radius 2 is 2.00 bits per heavy atom. The van der Waals surface area contributed by atoms with Crippen molar-refractivity contribution in [2.24, 2.45) is 0 Å². The van der Waals surface area contributed by atoms with Crippen molar-refractivity contribution in [3.63, 3.8) is 0 Å². The van der Waals surface area contributed by atoms with E-state index in [1.54, 1.807) is 29.8 Å². The first kappa shape index (κ1) is 16.6. The second-order valence-corrected chi connectivity index (χ2v) is 7.96. The molecule has 4 rings (SSSR count). The molecule has 1 heterocycles. The molecule has 0 atom stereocenters. The molecule has 1 fully saturated rings.